The molecule has 58 heavy (non-hydrogen) atoms. The van der Waals surface area contributed by atoms with Crippen LogP contribution in [0, 0.1) is 0 Å². The van der Waals surface area contributed by atoms with Crippen molar-refractivity contribution in [2.45, 2.75) is 0 Å². The van der Waals surface area contributed by atoms with Crippen LogP contribution in [0.1, 0.15) is 0 Å². The molecule has 0 unspecified atom stereocenters. The second-order valence-corrected chi connectivity index (χ2v) is 14.1. The standard InChI is InChI=1S/C48H28N10/c1-5-33-39(17-25-53-45(33)49-21-1)57(40-18-26-54-46-34(40)6-2-22-50-46)37-15-11-29-10-14-32-38(16-12-30-9-13-31(37)43(29)44(30)32)58(41-19-27-55-47-35(41)7-3-23-51-47)42-20-28-56-48-36(42)8-4-24-52-48/h1-28H. The third kappa shape index (κ3) is 4.78. The number of rotatable bonds is 6. The fourth-order valence-electron chi connectivity index (χ4n) is 8.59. The van der Waals surface area contributed by atoms with Crippen LogP contribution in [0.25, 0.3) is 76.5 Å². The minimum absolute atomic E-state index is 0.668. The molecule has 4 aromatic carbocycles. The zero-order valence-corrected chi connectivity index (χ0v) is 30.6. The van der Waals surface area contributed by atoms with Gasteiger partial charge < -0.3 is 9.80 Å². The topological polar surface area (TPSA) is 110 Å². The van der Waals surface area contributed by atoms with Crippen molar-refractivity contribution in [2.75, 3.05) is 9.80 Å². The predicted molar refractivity (Wildman–Crippen MR) is 232 cm³/mol. The molecule has 8 aromatic heterocycles. The maximum Gasteiger partial charge on any atom is 0.161 e. The van der Waals surface area contributed by atoms with E-state index in [0.717, 1.165) is 88.0 Å². The summed E-state index contributed by atoms with van der Waals surface area (Å²) >= 11 is 0. The fourth-order valence-corrected chi connectivity index (χ4v) is 8.59. The summed E-state index contributed by atoms with van der Waals surface area (Å²) in [5.41, 5.74) is 8.50. The van der Waals surface area contributed by atoms with Gasteiger partial charge in [0.1, 0.15) is 0 Å². The molecule has 0 fully saturated rings. The van der Waals surface area contributed by atoms with Gasteiger partial charge in [0.25, 0.3) is 0 Å². The molecule has 270 valence electrons. The van der Waals surface area contributed by atoms with Crippen LogP contribution in [0.3, 0.4) is 0 Å². The molecule has 8 heterocycles. The Bertz CT molecular complexity index is 3160. The third-order valence-electron chi connectivity index (χ3n) is 11.0. The highest BCUT2D eigenvalue weighted by Crippen LogP contribution is 2.50. The highest BCUT2D eigenvalue weighted by Gasteiger charge is 2.25. The Hall–Kier alpha value is -8.24. The van der Waals surface area contributed by atoms with Crippen molar-refractivity contribution < 1.29 is 0 Å². The largest absolute Gasteiger partial charge is 0.308 e. The summed E-state index contributed by atoms with van der Waals surface area (Å²) in [5.74, 6) is 0. The Morgan fingerprint density at radius 1 is 0.241 bits per heavy atom. The van der Waals surface area contributed by atoms with Gasteiger partial charge in [-0.15, -0.1) is 0 Å². The number of aromatic nitrogens is 8. The maximum atomic E-state index is 4.63. The smallest absolute Gasteiger partial charge is 0.161 e. The number of hydrogen-bond acceptors (Lipinski definition) is 10. The van der Waals surface area contributed by atoms with Crippen molar-refractivity contribution in [3.63, 3.8) is 0 Å². The number of benzene rings is 4. The van der Waals surface area contributed by atoms with Crippen LogP contribution < -0.4 is 9.80 Å². The molecule has 10 heteroatoms. The van der Waals surface area contributed by atoms with Gasteiger partial charge in [0.2, 0.25) is 0 Å². The van der Waals surface area contributed by atoms with E-state index < -0.39 is 0 Å². The molecular weight excluding hydrogens is 717 g/mol. The first-order valence-electron chi connectivity index (χ1n) is 18.9. The van der Waals surface area contributed by atoms with Crippen molar-refractivity contribution in [1.82, 2.24) is 39.9 Å². The normalized spacial score (nSPS) is 11.8. The van der Waals surface area contributed by atoms with Gasteiger partial charge in [0.15, 0.2) is 22.6 Å². The molecule has 0 spiro atoms. The molecule has 0 aliphatic rings. The van der Waals surface area contributed by atoms with Gasteiger partial charge in [-0.25, -0.2) is 39.9 Å². The molecule has 12 aromatic rings. The summed E-state index contributed by atoms with van der Waals surface area (Å²) < 4.78 is 0. The van der Waals surface area contributed by atoms with E-state index in [1.807, 2.05) is 49.1 Å². The van der Waals surface area contributed by atoms with Crippen LogP contribution in [0.4, 0.5) is 34.1 Å². The average Bonchev–Trinajstić information content (AvgIpc) is 3.29. The molecule has 0 aliphatic heterocycles. The molecular formula is C48H28N10. The van der Waals surface area contributed by atoms with Gasteiger partial charge in [0, 0.05) is 81.9 Å². The van der Waals surface area contributed by atoms with E-state index in [1.165, 1.54) is 0 Å². The molecule has 12 rings (SSSR count). The van der Waals surface area contributed by atoms with Crippen molar-refractivity contribution in [1.29, 1.82) is 0 Å². The van der Waals surface area contributed by atoms with Crippen molar-refractivity contribution in [3.05, 3.63) is 171 Å². The molecule has 0 radical (unpaired) electrons. The monoisotopic (exact) mass is 744 g/mol. The minimum Gasteiger partial charge on any atom is -0.308 e. The Morgan fingerprint density at radius 2 is 0.517 bits per heavy atom. The molecule has 0 aliphatic carbocycles. The number of pyridine rings is 8. The van der Waals surface area contributed by atoms with Crippen molar-refractivity contribution in [2.24, 2.45) is 0 Å². The summed E-state index contributed by atoms with van der Waals surface area (Å²) in [4.78, 5) is 41.7. The van der Waals surface area contributed by atoms with E-state index in [2.05, 4.69) is 147 Å². The van der Waals surface area contributed by atoms with E-state index in [-0.39, 0.29) is 0 Å². The number of fused-ring (bicyclic) bond motifs is 4. The fraction of sp³-hybridized carbons (Fsp3) is 0. The van der Waals surface area contributed by atoms with Gasteiger partial charge >= 0.3 is 0 Å². The highest BCUT2D eigenvalue weighted by molar-refractivity contribution is 6.29. The minimum atomic E-state index is 0.668. The second kappa shape index (κ2) is 12.7. The van der Waals surface area contributed by atoms with E-state index in [9.17, 15) is 0 Å². The van der Waals surface area contributed by atoms with E-state index in [0.29, 0.717) is 22.6 Å². The van der Waals surface area contributed by atoms with Crippen LogP contribution in [-0.4, -0.2) is 39.9 Å². The second-order valence-electron chi connectivity index (χ2n) is 14.1. The van der Waals surface area contributed by atoms with Crippen molar-refractivity contribution in [3.8, 4) is 0 Å². The Kier molecular flexibility index (Phi) is 6.99. The first-order valence-corrected chi connectivity index (χ1v) is 18.9. The summed E-state index contributed by atoms with van der Waals surface area (Å²) in [5, 5.41) is 10.5. The lowest BCUT2D eigenvalue weighted by molar-refractivity contribution is 1.24. The van der Waals surface area contributed by atoms with E-state index in [4.69, 9.17) is 0 Å². The van der Waals surface area contributed by atoms with Crippen LogP contribution in [0.5, 0.6) is 0 Å². The maximum absolute atomic E-state index is 4.63. The number of anilines is 6. The highest BCUT2D eigenvalue weighted by atomic mass is 15.2. The van der Waals surface area contributed by atoms with Gasteiger partial charge in [-0.2, -0.15) is 0 Å². The van der Waals surface area contributed by atoms with E-state index >= 15 is 0 Å². The van der Waals surface area contributed by atoms with Crippen LogP contribution in [0.15, 0.2) is 171 Å². The summed E-state index contributed by atoms with van der Waals surface area (Å²) in [6.07, 6.45) is 14.4. The summed E-state index contributed by atoms with van der Waals surface area (Å²) in [7, 11) is 0. The molecule has 0 amide bonds. The predicted octanol–water partition coefficient (Wildman–Crippen LogP) is 11.3. The van der Waals surface area contributed by atoms with Gasteiger partial charge in [-0.1, -0.05) is 36.4 Å². The summed E-state index contributed by atoms with van der Waals surface area (Å²) in [6, 6.07) is 42.2. The Balaban J connectivity index is 1.17. The van der Waals surface area contributed by atoms with Crippen LogP contribution in [0.2, 0.25) is 0 Å². The lowest BCUT2D eigenvalue weighted by Crippen LogP contribution is -2.13. The molecule has 0 atom stereocenters. The first-order chi connectivity index (χ1) is 28.8. The van der Waals surface area contributed by atoms with Gasteiger partial charge in [0.05, 0.1) is 34.1 Å². The third-order valence-corrected chi connectivity index (χ3v) is 11.0. The van der Waals surface area contributed by atoms with Gasteiger partial charge in [-0.05, 0) is 106 Å². The SMILES string of the molecule is c1cnc2nccc(N(c3ccnc4ncccc34)c3ccc4ccc5c(N(c6ccnc7ncccc67)c6ccnc7ncccc67)ccc6ccc3c4c65)c2c1. The molecule has 0 bridgehead atoms. The molecule has 0 saturated heterocycles. The number of nitrogens with zero attached hydrogens (tertiary/aromatic N) is 10. The van der Waals surface area contributed by atoms with Crippen LogP contribution >= 0.6 is 0 Å². The molecule has 0 N–H and O–H groups in total. The van der Waals surface area contributed by atoms with Crippen LogP contribution in [-0.2, 0) is 0 Å². The quantitative estimate of drug-likeness (QED) is 0.153. The van der Waals surface area contributed by atoms with Gasteiger partial charge in [-0.3, -0.25) is 0 Å². The first kappa shape index (κ1) is 32.0. The lowest BCUT2D eigenvalue weighted by Gasteiger charge is -2.30. The van der Waals surface area contributed by atoms with E-state index in [1.54, 1.807) is 24.8 Å². The Labute approximate surface area is 330 Å². The zero-order valence-electron chi connectivity index (χ0n) is 30.6. The Morgan fingerprint density at radius 3 is 0.845 bits per heavy atom. The zero-order chi connectivity index (χ0) is 38.2. The lowest BCUT2D eigenvalue weighted by atomic mass is 9.91. The van der Waals surface area contributed by atoms with Crippen molar-refractivity contribution >= 4 is 111 Å². The summed E-state index contributed by atoms with van der Waals surface area (Å²) in [6.45, 7) is 0. The number of hydrogen-bond donors (Lipinski definition) is 0. The molecule has 10 nitrogen and oxygen atoms in total. The average molecular weight is 745 g/mol. The molecule has 0 saturated carbocycles.